The van der Waals surface area contributed by atoms with Crippen molar-refractivity contribution in [3.8, 4) is 0 Å². The fourth-order valence-electron chi connectivity index (χ4n) is 2.01. The van der Waals surface area contributed by atoms with Gasteiger partial charge in [-0.15, -0.1) is 0 Å². The van der Waals surface area contributed by atoms with Crippen LogP contribution in [0.1, 0.15) is 26.0 Å². The van der Waals surface area contributed by atoms with Crippen LogP contribution in [0.15, 0.2) is 11.4 Å². The molecule has 2 rings (SSSR count). The van der Waals surface area contributed by atoms with Gasteiger partial charge in [-0.05, 0) is 24.7 Å². The number of aliphatic carboxylic acids is 1. The van der Waals surface area contributed by atoms with E-state index in [-0.39, 0.29) is 5.75 Å². The number of imidazole rings is 1. The van der Waals surface area contributed by atoms with Gasteiger partial charge in [0.15, 0.2) is 5.16 Å². The lowest BCUT2D eigenvalue weighted by Crippen LogP contribution is -2.08. The molecule has 0 aromatic carbocycles. The van der Waals surface area contributed by atoms with E-state index < -0.39 is 5.97 Å². The summed E-state index contributed by atoms with van der Waals surface area (Å²) in [5, 5.41) is 9.52. The van der Waals surface area contributed by atoms with E-state index in [1.165, 1.54) is 18.2 Å². The van der Waals surface area contributed by atoms with Crippen molar-refractivity contribution >= 4 is 17.7 Å². The normalized spacial score (nSPS) is 21.5. The van der Waals surface area contributed by atoms with Crippen molar-refractivity contribution in [2.75, 3.05) is 5.75 Å². The summed E-state index contributed by atoms with van der Waals surface area (Å²) in [6.07, 6.45) is 3.06. The van der Waals surface area contributed by atoms with Crippen LogP contribution in [0.5, 0.6) is 0 Å². The molecule has 0 radical (unpaired) electrons. The molecule has 0 saturated heterocycles. The standard InChI is InChI=1S/C12H18N2O2S/c1-8-5-13-11(17-7-10(15)16)14(8)6-9-4-12(9,2)3/h5,9H,4,6-7H2,1-3H3,(H,15,16). The summed E-state index contributed by atoms with van der Waals surface area (Å²) in [5.74, 6) is -0.0293. The molecule has 0 bridgehead atoms. The maximum Gasteiger partial charge on any atom is 0.313 e. The summed E-state index contributed by atoms with van der Waals surface area (Å²) in [6.45, 7) is 7.52. The summed E-state index contributed by atoms with van der Waals surface area (Å²) in [4.78, 5) is 14.8. The van der Waals surface area contributed by atoms with Gasteiger partial charge in [-0.2, -0.15) is 0 Å². The van der Waals surface area contributed by atoms with Crippen LogP contribution in [0.2, 0.25) is 0 Å². The summed E-state index contributed by atoms with van der Waals surface area (Å²) in [6, 6.07) is 0. The van der Waals surface area contributed by atoms with Gasteiger partial charge in [0.05, 0.1) is 5.75 Å². The number of thioether (sulfide) groups is 1. The second kappa shape index (κ2) is 4.37. The number of carboxylic acids is 1. The van der Waals surface area contributed by atoms with Crippen molar-refractivity contribution < 1.29 is 9.90 Å². The second-order valence-electron chi connectivity index (χ2n) is 5.36. The maximum absolute atomic E-state index is 10.6. The van der Waals surface area contributed by atoms with Crippen LogP contribution in [0, 0.1) is 18.3 Å². The Balaban J connectivity index is 2.05. The molecule has 0 amide bonds. The first-order chi connectivity index (χ1) is 7.90. The number of hydrogen-bond donors (Lipinski definition) is 1. The van der Waals surface area contributed by atoms with E-state index in [2.05, 4.69) is 23.4 Å². The number of hydrogen-bond acceptors (Lipinski definition) is 3. The first kappa shape index (κ1) is 12.5. The molecule has 1 aromatic rings. The van der Waals surface area contributed by atoms with Gasteiger partial charge in [0, 0.05) is 18.4 Å². The van der Waals surface area contributed by atoms with Gasteiger partial charge < -0.3 is 9.67 Å². The fourth-order valence-corrected chi connectivity index (χ4v) is 2.76. The molecule has 0 spiro atoms. The Morgan fingerprint density at radius 1 is 1.71 bits per heavy atom. The lowest BCUT2D eigenvalue weighted by Gasteiger charge is -2.10. The highest BCUT2D eigenvalue weighted by Gasteiger charge is 2.45. The third-order valence-electron chi connectivity index (χ3n) is 3.46. The molecule has 0 aliphatic heterocycles. The summed E-state index contributed by atoms with van der Waals surface area (Å²) in [5.41, 5.74) is 1.55. The summed E-state index contributed by atoms with van der Waals surface area (Å²) in [7, 11) is 0. The Hall–Kier alpha value is -0.970. The number of nitrogens with zero attached hydrogens (tertiary/aromatic N) is 2. The van der Waals surface area contributed by atoms with E-state index in [9.17, 15) is 4.79 Å². The average molecular weight is 254 g/mol. The van der Waals surface area contributed by atoms with Crippen LogP contribution < -0.4 is 0 Å². The van der Waals surface area contributed by atoms with Crippen molar-refractivity contribution in [2.24, 2.45) is 11.3 Å². The van der Waals surface area contributed by atoms with Crippen molar-refractivity contribution in [3.63, 3.8) is 0 Å². The van der Waals surface area contributed by atoms with Crippen molar-refractivity contribution in [2.45, 2.75) is 38.9 Å². The van der Waals surface area contributed by atoms with Crippen LogP contribution in [-0.4, -0.2) is 26.4 Å². The number of carboxylic acid groups (broad SMARTS) is 1. The molecule has 94 valence electrons. The minimum atomic E-state index is -0.797. The van der Waals surface area contributed by atoms with Crippen LogP contribution in [0.25, 0.3) is 0 Å². The van der Waals surface area contributed by atoms with Crippen LogP contribution in [-0.2, 0) is 11.3 Å². The van der Waals surface area contributed by atoms with E-state index >= 15 is 0 Å². The van der Waals surface area contributed by atoms with E-state index in [0.717, 1.165) is 17.4 Å². The highest BCUT2D eigenvalue weighted by molar-refractivity contribution is 7.99. The number of aryl methyl sites for hydroxylation is 1. The lowest BCUT2D eigenvalue weighted by molar-refractivity contribution is -0.133. The van der Waals surface area contributed by atoms with Gasteiger partial charge in [-0.1, -0.05) is 25.6 Å². The lowest BCUT2D eigenvalue weighted by atomic mass is 10.1. The van der Waals surface area contributed by atoms with Gasteiger partial charge in [0.2, 0.25) is 0 Å². The highest BCUT2D eigenvalue weighted by atomic mass is 32.2. The van der Waals surface area contributed by atoms with Gasteiger partial charge in [-0.25, -0.2) is 4.98 Å². The predicted molar refractivity (Wildman–Crippen MR) is 67.2 cm³/mol. The minimum absolute atomic E-state index is 0.0739. The monoisotopic (exact) mass is 254 g/mol. The molecule has 1 fully saturated rings. The van der Waals surface area contributed by atoms with Crippen LogP contribution >= 0.6 is 11.8 Å². The Bertz CT molecular complexity index is 440. The highest BCUT2D eigenvalue weighted by Crippen LogP contribution is 2.52. The third-order valence-corrected chi connectivity index (χ3v) is 4.44. The van der Waals surface area contributed by atoms with E-state index in [4.69, 9.17) is 5.11 Å². The molecule has 1 unspecified atom stereocenters. The van der Waals surface area contributed by atoms with Crippen LogP contribution in [0.3, 0.4) is 0 Å². The zero-order valence-corrected chi connectivity index (χ0v) is 11.3. The van der Waals surface area contributed by atoms with Crippen molar-refractivity contribution in [1.29, 1.82) is 0 Å². The average Bonchev–Trinajstić information content (AvgIpc) is 2.66. The minimum Gasteiger partial charge on any atom is -0.481 e. The first-order valence-corrected chi connectivity index (χ1v) is 6.75. The van der Waals surface area contributed by atoms with Crippen molar-refractivity contribution in [3.05, 3.63) is 11.9 Å². The molecule has 4 nitrogen and oxygen atoms in total. The Morgan fingerprint density at radius 3 is 2.88 bits per heavy atom. The molecule has 1 N–H and O–H groups in total. The molecule has 17 heavy (non-hydrogen) atoms. The van der Waals surface area contributed by atoms with Gasteiger partial charge in [0.1, 0.15) is 0 Å². The molecule has 1 heterocycles. The van der Waals surface area contributed by atoms with E-state index in [0.29, 0.717) is 11.3 Å². The molecule has 1 aliphatic rings. The zero-order chi connectivity index (χ0) is 12.6. The van der Waals surface area contributed by atoms with Gasteiger partial charge >= 0.3 is 5.97 Å². The largest absolute Gasteiger partial charge is 0.481 e. The smallest absolute Gasteiger partial charge is 0.313 e. The topological polar surface area (TPSA) is 55.1 Å². The van der Waals surface area contributed by atoms with E-state index in [1.807, 2.05) is 13.1 Å². The maximum atomic E-state index is 10.6. The molecular weight excluding hydrogens is 236 g/mol. The molecular formula is C12H18N2O2S. The summed E-state index contributed by atoms with van der Waals surface area (Å²) >= 11 is 1.30. The van der Waals surface area contributed by atoms with E-state index in [1.54, 1.807) is 0 Å². The number of rotatable bonds is 5. The Kier molecular flexibility index (Phi) is 3.21. The number of carbonyl (C=O) groups is 1. The Morgan fingerprint density at radius 2 is 2.35 bits per heavy atom. The van der Waals surface area contributed by atoms with Gasteiger partial charge in [0.25, 0.3) is 0 Å². The number of aromatic nitrogens is 2. The Labute approximate surface area is 105 Å². The fraction of sp³-hybridized carbons (Fsp3) is 0.667. The van der Waals surface area contributed by atoms with Crippen molar-refractivity contribution in [1.82, 2.24) is 9.55 Å². The third kappa shape index (κ3) is 2.83. The van der Waals surface area contributed by atoms with Gasteiger partial charge in [-0.3, -0.25) is 4.79 Å². The molecule has 5 heteroatoms. The quantitative estimate of drug-likeness (QED) is 0.820. The zero-order valence-electron chi connectivity index (χ0n) is 10.4. The molecule has 1 aromatic heterocycles. The predicted octanol–water partition coefficient (Wildman–Crippen LogP) is 2.41. The summed E-state index contributed by atoms with van der Waals surface area (Å²) < 4.78 is 2.15. The molecule has 1 atom stereocenters. The first-order valence-electron chi connectivity index (χ1n) is 5.77. The SMILES string of the molecule is Cc1cnc(SCC(=O)O)n1CC1CC1(C)C. The molecule has 1 aliphatic carbocycles. The van der Waals surface area contributed by atoms with Crippen LogP contribution in [0.4, 0.5) is 0 Å². The second-order valence-corrected chi connectivity index (χ2v) is 6.31. The molecule has 1 saturated carbocycles.